The Morgan fingerprint density at radius 2 is 1.80 bits per heavy atom. The topological polar surface area (TPSA) is 104 Å². The maximum atomic E-state index is 14.1. The second-order valence-corrected chi connectivity index (χ2v) is 14.1. The van der Waals surface area contributed by atoms with E-state index in [4.69, 9.17) is 24.7 Å². The molecule has 0 aromatic heterocycles. The third-order valence-corrected chi connectivity index (χ3v) is 10.7. The molecule has 2 N–H and O–H groups in total. The SMILES string of the molecule is COCCCN1CCOc2ccc(CO[C@H]3CN(S(=O)(=O)c4ccc(C)cc4)[C@@H](C[C@H](C)N)C[C@@H]3c3ccc(OC)cc3)cc21. The molecule has 0 aliphatic carbocycles. The highest BCUT2D eigenvalue weighted by Gasteiger charge is 2.43. The molecule has 0 unspecified atom stereocenters. The molecule has 244 valence electrons. The summed E-state index contributed by atoms with van der Waals surface area (Å²) in [5, 5.41) is 0. The Morgan fingerprint density at radius 1 is 1.04 bits per heavy atom. The van der Waals surface area contributed by atoms with Crippen LogP contribution in [-0.4, -0.2) is 78.0 Å². The molecule has 3 aromatic rings. The highest BCUT2D eigenvalue weighted by Crippen LogP contribution is 2.39. The molecular formula is C35H47N3O6S. The standard InChI is InChI=1S/C35H47N3O6S/c1-25-6-13-31(14-7-25)45(39,40)38-23-35(32(22-29(38)20-26(2)36)28-9-11-30(42-4)12-10-28)44-24-27-8-15-34-33(21-27)37(17-19-43-34)16-5-18-41-3/h6-15,21,26,29,32,35H,5,16-20,22-24,36H2,1-4H3/t26-,29-,32+,35-/m0/s1. The normalized spacial score (nSPS) is 21.2. The second kappa shape index (κ2) is 15.0. The fourth-order valence-corrected chi connectivity index (χ4v) is 8.07. The lowest BCUT2D eigenvalue weighted by Gasteiger charge is -2.44. The van der Waals surface area contributed by atoms with Crippen molar-refractivity contribution in [2.75, 3.05) is 52.0 Å². The van der Waals surface area contributed by atoms with E-state index in [2.05, 4.69) is 23.1 Å². The van der Waals surface area contributed by atoms with Crippen LogP contribution < -0.4 is 20.1 Å². The van der Waals surface area contributed by atoms with E-state index in [0.29, 0.717) is 32.7 Å². The molecule has 2 heterocycles. The van der Waals surface area contributed by atoms with E-state index in [1.807, 2.05) is 50.2 Å². The minimum Gasteiger partial charge on any atom is -0.497 e. The molecule has 9 nitrogen and oxygen atoms in total. The van der Waals surface area contributed by atoms with Crippen LogP contribution >= 0.6 is 0 Å². The largest absolute Gasteiger partial charge is 0.497 e. The molecule has 0 bridgehead atoms. The van der Waals surface area contributed by atoms with Crippen molar-refractivity contribution in [1.82, 2.24) is 4.31 Å². The summed E-state index contributed by atoms with van der Waals surface area (Å²) in [6, 6.07) is 20.8. The number of benzene rings is 3. The Bertz CT molecular complexity index is 1500. The molecule has 0 saturated carbocycles. The lowest BCUT2D eigenvalue weighted by molar-refractivity contribution is -0.0213. The first-order valence-corrected chi connectivity index (χ1v) is 17.2. The van der Waals surface area contributed by atoms with E-state index in [-0.39, 0.29) is 35.5 Å². The quantitative estimate of drug-likeness (QED) is 0.258. The maximum Gasteiger partial charge on any atom is 0.243 e. The number of sulfonamides is 1. The third-order valence-electron chi connectivity index (χ3n) is 8.78. The van der Waals surface area contributed by atoms with Crippen LogP contribution in [0.15, 0.2) is 71.6 Å². The molecule has 10 heteroatoms. The van der Waals surface area contributed by atoms with Crippen molar-refractivity contribution >= 4 is 15.7 Å². The van der Waals surface area contributed by atoms with Crippen LogP contribution in [0.2, 0.25) is 0 Å². The number of methoxy groups -OCH3 is 2. The first kappa shape index (κ1) is 33.2. The molecule has 0 amide bonds. The van der Waals surface area contributed by atoms with Gasteiger partial charge in [-0.1, -0.05) is 35.9 Å². The molecule has 2 aliphatic rings. The van der Waals surface area contributed by atoms with Gasteiger partial charge in [-0.25, -0.2) is 8.42 Å². The van der Waals surface area contributed by atoms with E-state index >= 15 is 0 Å². The lowest BCUT2D eigenvalue weighted by Crippen LogP contribution is -2.53. The van der Waals surface area contributed by atoms with E-state index < -0.39 is 10.0 Å². The Balaban J connectivity index is 1.44. The number of anilines is 1. The number of piperidine rings is 1. The predicted molar refractivity (Wildman–Crippen MR) is 177 cm³/mol. The summed E-state index contributed by atoms with van der Waals surface area (Å²) < 4.78 is 53.2. The summed E-state index contributed by atoms with van der Waals surface area (Å²) in [6.07, 6.45) is 1.69. The summed E-state index contributed by atoms with van der Waals surface area (Å²) >= 11 is 0. The highest BCUT2D eigenvalue weighted by atomic mass is 32.2. The first-order valence-electron chi connectivity index (χ1n) is 15.8. The number of nitrogens with zero attached hydrogens (tertiary/aromatic N) is 2. The molecule has 2 aliphatic heterocycles. The molecule has 0 spiro atoms. The zero-order valence-electron chi connectivity index (χ0n) is 26.9. The van der Waals surface area contributed by atoms with Gasteiger partial charge >= 0.3 is 0 Å². The van der Waals surface area contributed by atoms with Gasteiger partial charge < -0.3 is 29.6 Å². The van der Waals surface area contributed by atoms with Crippen LogP contribution in [0.4, 0.5) is 5.69 Å². The minimum atomic E-state index is -3.79. The van der Waals surface area contributed by atoms with E-state index in [1.165, 1.54) is 0 Å². The van der Waals surface area contributed by atoms with E-state index in [1.54, 1.807) is 30.7 Å². The van der Waals surface area contributed by atoms with E-state index in [0.717, 1.165) is 53.4 Å². The highest BCUT2D eigenvalue weighted by molar-refractivity contribution is 7.89. The van der Waals surface area contributed by atoms with Crippen LogP contribution in [-0.2, 0) is 26.1 Å². The number of hydrogen-bond acceptors (Lipinski definition) is 8. The van der Waals surface area contributed by atoms with Gasteiger partial charge in [0.15, 0.2) is 0 Å². The summed E-state index contributed by atoms with van der Waals surface area (Å²) in [4.78, 5) is 2.61. The predicted octanol–water partition coefficient (Wildman–Crippen LogP) is 5.11. The van der Waals surface area contributed by atoms with Crippen LogP contribution in [0.1, 0.15) is 48.8 Å². The molecule has 5 rings (SSSR count). The number of fused-ring (bicyclic) bond motifs is 1. The van der Waals surface area contributed by atoms with Crippen LogP contribution in [0.5, 0.6) is 11.5 Å². The summed E-state index contributed by atoms with van der Waals surface area (Å²) in [5.74, 6) is 1.61. The van der Waals surface area contributed by atoms with Gasteiger partial charge in [0.2, 0.25) is 10.0 Å². The maximum absolute atomic E-state index is 14.1. The monoisotopic (exact) mass is 637 g/mol. The van der Waals surface area contributed by atoms with Crippen molar-refractivity contribution in [3.8, 4) is 11.5 Å². The van der Waals surface area contributed by atoms with Crippen molar-refractivity contribution in [2.24, 2.45) is 5.73 Å². The average Bonchev–Trinajstić information content (AvgIpc) is 3.04. The summed E-state index contributed by atoms with van der Waals surface area (Å²) in [7, 11) is -0.421. The molecule has 0 radical (unpaired) electrons. The van der Waals surface area contributed by atoms with Gasteiger partial charge in [-0.2, -0.15) is 4.31 Å². The van der Waals surface area contributed by atoms with Gasteiger partial charge in [0.1, 0.15) is 18.1 Å². The smallest absolute Gasteiger partial charge is 0.243 e. The zero-order chi connectivity index (χ0) is 32.0. The Hall–Kier alpha value is -3.15. The van der Waals surface area contributed by atoms with Crippen molar-refractivity contribution in [3.05, 3.63) is 83.4 Å². The number of aryl methyl sites for hydroxylation is 1. The second-order valence-electron chi connectivity index (χ2n) is 12.2. The minimum absolute atomic E-state index is 0.0318. The Labute approximate surface area is 268 Å². The van der Waals surface area contributed by atoms with Gasteiger partial charge in [-0.15, -0.1) is 0 Å². The van der Waals surface area contributed by atoms with Gasteiger partial charge in [0, 0.05) is 44.8 Å². The Morgan fingerprint density at radius 3 is 2.49 bits per heavy atom. The van der Waals surface area contributed by atoms with Crippen molar-refractivity contribution in [1.29, 1.82) is 0 Å². The number of rotatable bonds is 13. The molecular weight excluding hydrogens is 590 g/mol. The zero-order valence-corrected chi connectivity index (χ0v) is 27.7. The first-order chi connectivity index (χ1) is 21.7. The van der Waals surface area contributed by atoms with Crippen molar-refractivity contribution in [3.63, 3.8) is 0 Å². The van der Waals surface area contributed by atoms with Gasteiger partial charge in [-0.05, 0) is 80.6 Å². The van der Waals surface area contributed by atoms with Crippen LogP contribution in [0.3, 0.4) is 0 Å². The fraction of sp³-hybridized carbons (Fsp3) is 0.486. The van der Waals surface area contributed by atoms with Crippen LogP contribution in [0.25, 0.3) is 0 Å². The number of ether oxygens (including phenoxy) is 4. The summed E-state index contributed by atoms with van der Waals surface area (Å²) in [6.45, 7) is 7.49. The van der Waals surface area contributed by atoms with Crippen molar-refractivity contribution < 1.29 is 27.4 Å². The lowest BCUT2D eigenvalue weighted by atomic mass is 9.82. The fourth-order valence-electron chi connectivity index (χ4n) is 6.41. The number of hydrogen-bond donors (Lipinski definition) is 1. The van der Waals surface area contributed by atoms with Gasteiger partial charge in [0.25, 0.3) is 0 Å². The molecule has 3 aromatic carbocycles. The third kappa shape index (κ3) is 7.99. The molecule has 1 fully saturated rings. The van der Waals surface area contributed by atoms with Gasteiger partial charge in [0.05, 0.1) is 36.9 Å². The average molecular weight is 638 g/mol. The van der Waals surface area contributed by atoms with Gasteiger partial charge in [-0.3, -0.25) is 0 Å². The molecule has 1 saturated heterocycles. The number of nitrogens with two attached hydrogens (primary N) is 1. The molecule has 45 heavy (non-hydrogen) atoms. The summed E-state index contributed by atoms with van der Waals surface area (Å²) in [5.41, 5.74) is 10.4. The molecule has 4 atom stereocenters. The Kier molecular flexibility index (Phi) is 11.0. The van der Waals surface area contributed by atoms with Crippen molar-refractivity contribution in [2.45, 2.75) is 68.7 Å². The van der Waals surface area contributed by atoms with E-state index in [9.17, 15) is 8.42 Å². The van der Waals surface area contributed by atoms with Crippen LogP contribution in [0, 0.1) is 6.92 Å².